The smallest absolute Gasteiger partial charge is 0.252 e. The summed E-state index contributed by atoms with van der Waals surface area (Å²) in [5.41, 5.74) is 0.782. The number of nitrogens with one attached hydrogen (secondary N) is 2. The largest absolute Gasteiger partial charge is 0.352 e. The number of carbonyl (C=O) groups is 1. The van der Waals surface area contributed by atoms with E-state index >= 15 is 0 Å². The molecule has 0 atom stereocenters. The van der Waals surface area contributed by atoms with Crippen molar-refractivity contribution >= 4 is 39.8 Å². The lowest BCUT2D eigenvalue weighted by atomic mass is 10.3. The van der Waals surface area contributed by atoms with Crippen LogP contribution in [-0.4, -0.2) is 25.0 Å². The van der Waals surface area contributed by atoms with Gasteiger partial charge in [-0.3, -0.25) is 4.79 Å². The molecule has 0 aliphatic heterocycles. The van der Waals surface area contributed by atoms with Crippen LogP contribution in [0.15, 0.2) is 11.4 Å². The van der Waals surface area contributed by atoms with Crippen LogP contribution < -0.4 is 10.6 Å². The molecule has 1 aliphatic carbocycles. The van der Waals surface area contributed by atoms with E-state index in [-0.39, 0.29) is 5.91 Å². The normalized spacial score (nSPS) is 15.1. The maximum atomic E-state index is 11.6. The maximum absolute atomic E-state index is 11.6. The van der Waals surface area contributed by atoms with Crippen molar-refractivity contribution in [3.8, 4) is 0 Å². The summed E-state index contributed by atoms with van der Waals surface area (Å²) < 4.78 is 1.15. The van der Waals surface area contributed by atoms with E-state index in [0.717, 1.165) is 34.0 Å². The van der Waals surface area contributed by atoms with Crippen molar-refractivity contribution in [1.82, 2.24) is 10.6 Å². The van der Waals surface area contributed by atoms with Crippen molar-refractivity contribution in [2.75, 3.05) is 13.1 Å². The number of hydrogen-bond donors (Lipinski definition) is 2. The van der Waals surface area contributed by atoms with E-state index in [2.05, 4.69) is 33.2 Å². The second-order valence-electron chi connectivity index (χ2n) is 3.98. The molecule has 88 valence electrons. The minimum absolute atomic E-state index is 0.0468. The SMILES string of the molecule is O=C(NCCCNC1CC1)c1csc(I)c1. The van der Waals surface area contributed by atoms with Gasteiger partial charge >= 0.3 is 0 Å². The van der Waals surface area contributed by atoms with Gasteiger partial charge in [-0.2, -0.15) is 0 Å². The van der Waals surface area contributed by atoms with Gasteiger partial charge in [0.25, 0.3) is 5.91 Å². The topological polar surface area (TPSA) is 41.1 Å². The minimum atomic E-state index is 0.0468. The molecule has 1 aromatic rings. The molecule has 0 saturated heterocycles. The highest BCUT2D eigenvalue weighted by Crippen LogP contribution is 2.18. The van der Waals surface area contributed by atoms with Gasteiger partial charge < -0.3 is 10.6 Å². The second kappa shape index (κ2) is 5.97. The fourth-order valence-electron chi connectivity index (χ4n) is 1.42. The van der Waals surface area contributed by atoms with Crippen molar-refractivity contribution in [1.29, 1.82) is 0 Å². The fourth-order valence-corrected chi connectivity index (χ4v) is 2.74. The lowest BCUT2D eigenvalue weighted by Gasteiger charge is -2.04. The summed E-state index contributed by atoms with van der Waals surface area (Å²) in [5, 5.41) is 8.26. The number of hydrogen-bond acceptors (Lipinski definition) is 3. The summed E-state index contributed by atoms with van der Waals surface area (Å²) >= 11 is 3.83. The van der Waals surface area contributed by atoms with E-state index in [4.69, 9.17) is 0 Å². The lowest BCUT2D eigenvalue weighted by Crippen LogP contribution is -2.27. The Morgan fingerprint density at radius 1 is 1.50 bits per heavy atom. The predicted molar refractivity (Wildman–Crippen MR) is 75.0 cm³/mol. The van der Waals surface area contributed by atoms with Gasteiger partial charge in [0.2, 0.25) is 0 Å². The standard InChI is InChI=1S/C11H15IN2OS/c12-10-6-8(7-16-10)11(15)14-5-1-4-13-9-2-3-9/h6-7,9,13H,1-5H2,(H,14,15). The number of thiophene rings is 1. The average Bonchev–Trinajstić information content (AvgIpc) is 2.99. The fraction of sp³-hybridized carbons (Fsp3) is 0.545. The zero-order valence-corrected chi connectivity index (χ0v) is 11.9. The van der Waals surface area contributed by atoms with E-state index in [1.807, 2.05) is 11.4 Å². The van der Waals surface area contributed by atoms with Crippen molar-refractivity contribution in [3.63, 3.8) is 0 Å². The Kier molecular flexibility index (Phi) is 4.60. The molecule has 1 saturated carbocycles. The highest BCUT2D eigenvalue weighted by atomic mass is 127. The number of halogens is 1. The van der Waals surface area contributed by atoms with Crippen molar-refractivity contribution in [2.45, 2.75) is 25.3 Å². The molecule has 3 nitrogen and oxygen atoms in total. The molecule has 5 heteroatoms. The first-order chi connectivity index (χ1) is 7.75. The molecule has 1 heterocycles. The van der Waals surface area contributed by atoms with E-state index in [1.54, 1.807) is 11.3 Å². The van der Waals surface area contributed by atoms with E-state index in [0.29, 0.717) is 0 Å². The molecule has 16 heavy (non-hydrogen) atoms. The maximum Gasteiger partial charge on any atom is 0.252 e. The molecule has 1 amide bonds. The molecule has 1 aliphatic rings. The minimum Gasteiger partial charge on any atom is -0.352 e. The second-order valence-corrected chi connectivity index (χ2v) is 6.78. The Morgan fingerprint density at radius 3 is 2.94 bits per heavy atom. The molecule has 0 aromatic carbocycles. The molecule has 0 spiro atoms. The van der Waals surface area contributed by atoms with Gasteiger partial charge in [-0.25, -0.2) is 0 Å². The summed E-state index contributed by atoms with van der Waals surface area (Å²) in [4.78, 5) is 11.6. The molecule has 2 N–H and O–H groups in total. The molecular weight excluding hydrogens is 335 g/mol. The highest BCUT2D eigenvalue weighted by Gasteiger charge is 2.19. The molecule has 1 fully saturated rings. The van der Waals surface area contributed by atoms with Crippen LogP contribution in [0.25, 0.3) is 0 Å². The Balaban J connectivity index is 1.59. The van der Waals surface area contributed by atoms with Crippen LogP contribution in [0.5, 0.6) is 0 Å². The van der Waals surface area contributed by atoms with Gasteiger partial charge in [-0.15, -0.1) is 11.3 Å². The zero-order valence-electron chi connectivity index (χ0n) is 8.96. The third-order valence-corrected chi connectivity index (χ3v) is 4.27. The van der Waals surface area contributed by atoms with Crippen LogP contribution in [0.3, 0.4) is 0 Å². The molecular formula is C11H15IN2OS. The Bertz CT molecular complexity index is 363. The Hall–Kier alpha value is -0.140. The highest BCUT2D eigenvalue weighted by molar-refractivity contribution is 14.1. The van der Waals surface area contributed by atoms with Crippen molar-refractivity contribution < 1.29 is 4.79 Å². The molecule has 0 bridgehead atoms. The quantitative estimate of drug-likeness (QED) is 0.610. The summed E-state index contributed by atoms with van der Waals surface area (Å²) in [6, 6.07) is 2.68. The van der Waals surface area contributed by atoms with Gasteiger partial charge in [0, 0.05) is 18.0 Å². The van der Waals surface area contributed by atoms with E-state index in [1.165, 1.54) is 12.8 Å². The first-order valence-electron chi connectivity index (χ1n) is 5.51. The van der Waals surface area contributed by atoms with Gasteiger partial charge in [0.05, 0.1) is 8.45 Å². The van der Waals surface area contributed by atoms with Gasteiger partial charge in [-0.1, -0.05) is 0 Å². The lowest BCUT2D eigenvalue weighted by molar-refractivity contribution is 0.0953. The number of amides is 1. The molecule has 0 unspecified atom stereocenters. The first-order valence-corrected chi connectivity index (χ1v) is 7.47. The van der Waals surface area contributed by atoms with Gasteiger partial charge in [0.1, 0.15) is 0 Å². The number of carbonyl (C=O) groups excluding carboxylic acids is 1. The Morgan fingerprint density at radius 2 is 2.31 bits per heavy atom. The summed E-state index contributed by atoms with van der Waals surface area (Å²) in [6.07, 6.45) is 3.64. The molecule has 1 aromatic heterocycles. The summed E-state index contributed by atoms with van der Waals surface area (Å²) in [6.45, 7) is 1.76. The first kappa shape index (κ1) is 12.3. The van der Waals surface area contributed by atoms with E-state index < -0.39 is 0 Å². The molecule has 0 radical (unpaired) electrons. The summed E-state index contributed by atoms with van der Waals surface area (Å²) in [5.74, 6) is 0.0468. The van der Waals surface area contributed by atoms with Gasteiger partial charge in [-0.05, 0) is 54.5 Å². The van der Waals surface area contributed by atoms with Crippen molar-refractivity contribution in [3.05, 3.63) is 19.9 Å². The average molecular weight is 350 g/mol. The third kappa shape index (κ3) is 4.03. The monoisotopic (exact) mass is 350 g/mol. The summed E-state index contributed by atoms with van der Waals surface area (Å²) in [7, 11) is 0. The predicted octanol–water partition coefficient (Wildman–Crippen LogP) is 2.22. The Labute approximate surface area is 113 Å². The zero-order chi connectivity index (χ0) is 11.4. The van der Waals surface area contributed by atoms with Crippen LogP contribution in [0.1, 0.15) is 29.6 Å². The van der Waals surface area contributed by atoms with Crippen LogP contribution in [0.2, 0.25) is 0 Å². The van der Waals surface area contributed by atoms with Crippen LogP contribution in [0.4, 0.5) is 0 Å². The van der Waals surface area contributed by atoms with Crippen LogP contribution in [0, 0.1) is 2.88 Å². The van der Waals surface area contributed by atoms with Gasteiger partial charge in [0.15, 0.2) is 0 Å². The van der Waals surface area contributed by atoms with E-state index in [9.17, 15) is 4.79 Å². The van der Waals surface area contributed by atoms with Crippen LogP contribution in [-0.2, 0) is 0 Å². The van der Waals surface area contributed by atoms with Crippen LogP contribution >= 0.6 is 33.9 Å². The number of rotatable bonds is 6. The molecule has 2 rings (SSSR count). The third-order valence-electron chi connectivity index (χ3n) is 2.48. The van der Waals surface area contributed by atoms with Crippen molar-refractivity contribution in [2.24, 2.45) is 0 Å².